The SMILES string of the molecule is CC[C@H](C)Nc1nc(C2CC2)cc(N2CCc3cc(Cl)ccc3C2)n1. The van der Waals surface area contributed by atoms with Gasteiger partial charge < -0.3 is 10.2 Å². The number of fused-ring (bicyclic) bond motifs is 1. The van der Waals surface area contributed by atoms with Crippen LogP contribution in [0.1, 0.15) is 55.8 Å². The Kier molecular flexibility index (Phi) is 4.55. The summed E-state index contributed by atoms with van der Waals surface area (Å²) < 4.78 is 0. The molecule has 2 aromatic rings. The monoisotopic (exact) mass is 356 g/mol. The average Bonchev–Trinajstić information content (AvgIpc) is 3.46. The van der Waals surface area contributed by atoms with E-state index in [2.05, 4.69) is 42.3 Å². The molecule has 1 saturated carbocycles. The molecular formula is C20H25ClN4. The molecule has 0 unspecified atom stereocenters. The van der Waals surface area contributed by atoms with Crippen LogP contribution in [0.15, 0.2) is 24.3 Å². The summed E-state index contributed by atoms with van der Waals surface area (Å²) in [6.45, 7) is 6.21. The molecule has 0 saturated heterocycles. The molecule has 0 spiro atoms. The van der Waals surface area contributed by atoms with Crippen LogP contribution in [0.5, 0.6) is 0 Å². The van der Waals surface area contributed by atoms with E-state index < -0.39 is 0 Å². The van der Waals surface area contributed by atoms with E-state index in [-0.39, 0.29) is 0 Å². The standard InChI is InChI=1S/C20H25ClN4/c1-3-13(2)22-20-23-18(14-4-5-14)11-19(24-20)25-9-8-15-10-17(21)7-6-16(15)12-25/h6-7,10-11,13-14H,3-5,8-9,12H2,1-2H3,(H,22,23,24)/t13-/m0/s1. The van der Waals surface area contributed by atoms with Crippen LogP contribution in [0, 0.1) is 0 Å². The summed E-state index contributed by atoms with van der Waals surface area (Å²) in [5.74, 6) is 2.44. The highest BCUT2D eigenvalue weighted by Gasteiger charge is 2.28. The molecule has 2 aliphatic rings. The fourth-order valence-corrected chi connectivity index (χ4v) is 3.50. The Bertz CT molecular complexity index is 772. The van der Waals surface area contributed by atoms with E-state index >= 15 is 0 Å². The fraction of sp³-hybridized carbons (Fsp3) is 0.500. The Balaban J connectivity index is 1.61. The minimum Gasteiger partial charge on any atom is -0.352 e. The van der Waals surface area contributed by atoms with Gasteiger partial charge in [0.2, 0.25) is 5.95 Å². The summed E-state index contributed by atoms with van der Waals surface area (Å²) in [5.41, 5.74) is 3.90. The van der Waals surface area contributed by atoms with Gasteiger partial charge >= 0.3 is 0 Å². The summed E-state index contributed by atoms with van der Waals surface area (Å²) >= 11 is 6.13. The van der Waals surface area contributed by atoms with Crippen LogP contribution in [-0.4, -0.2) is 22.6 Å². The highest BCUT2D eigenvalue weighted by molar-refractivity contribution is 6.30. The van der Waals surface area contributed by atoms with Gasteiger partial charge in [0.25, 0.3) is 0 Å². The normalized spacial score (nSPS) is 18.0. The van der Waals surface area contributed by atoms with Gasteiger partial charge in [-0.2, -0.15) is 4.98 Å². The van der Waals surface area contributed by atoms with Gasteiger partial charge in [-0.3, -0.25) is 0 Å². The Morgan fingerprint density at radius 1 is 1.24 bits per heavy atom. The first kappa shape index (κ1) is 16.6. The van der Waals surface area contributed by atoms with Crippen LogP contribution in [0.4, 0.5) is 11.8 Å². The Morgan fingerprint density at radius 2 is 2.08 bits per heavy atom. The second-order valence-corrected chi connectivity index (χ2v) is 7.72. The van der Waals surface area contributed by atoms with Crippen LogP contribution >= 0.6 is 11.6 Å². The van der Waals surface area contributed by atoms with Gasteiger partial charge in [0, 0.05) is 36.1 Å². The lowest BCUT2D eigenvalue weighted by Gasteiger charge is -2.30. The molecule has 1 N–H and O–H groups in total. The van der Waals surface area contributed by atoms with E-state index in [9.17, 15) is 0 Å². The van der Waals surface area contributed by atoms with Crippen LogP contribution in [-0.2, 0) is 13.0 Å². The maximum absolute atomic E-state index is 6.13. The van der Waals surface area contributed by atoms with Gasteiger partial charge in [0.15, 0.2) is 0 Å². The fourth-order valence-electron chi connectivity index (χ4n) is 3.31. The first-order chi connectivity index (χ1) is 12.1. The van der Waals surface area contributed by atoms with Crippen molar-refractivity contribution in [1.29, 1.82) is 0 Å². The Labute approximate surface area is 154 Å². The van der Waals surface area contributed by atoms with Crippen LogP contribution in [0.3, 0.4) is 0 Å². The van der Waals surface area contributed by atoms with Crippen molar-refractivity contribution in [2.45, 2.75) is 58.0 Å². The predicted octanol–water partition coefficient (Wildman–Crippen LogP) is 4.78. The number of aromatic nitrogens is 2. The Morgan fingerprint density at radius 3 is 2.84 bits per heavy atom. The van der Waals surface area contributed by atoms with Crippen LogP contribution < -0.4 is 10.2 Å². The quantitative estimate of drug-likeness (QED) is 0.837. The second kappa shape index (κ2) is 6.83. The van der Waals surface area contributed by atoms with Crippen molar-refractivity contribution < 1.29 is 0 Å². The molecule has 0 radical (unpaired) electrons. The number of hydrogen-bond donors (Lipinski definition) is 1. The van der Waals surface area contributed by atoms with E-state index in [1.165, 1.54) is 29.7 Å². The zero-order valence-corrected chi connectivity index (χ0v) is 15.7. The molecule has 4 nitrogen and oxygen atoms in total. The molecule has 1 fully saturated rings. The molecule has 25 heavy (non-hydrogen) atoms. The van der Waals surface area contributed by atoms with Gasteiger partial charge in [-0.1, -0.05) is 24.6 Å². The predicted molar refractivity (Wildman–Crippen MR) is 104 cm³/mol. The van der Waals surface area contributed by atoms with Crippen molar-refractivity contribution in [3.05, 3.63) is 46.1 Å². The molecule has 1 aliphatic carbocycles. The number of hydrogen-bond acceptors (Lipinski definition) is 4. The molecule has 2 heterocycles. The van der Waals surface area contributed by atoms with Crippen LogP contribution in [0.2, 0.25) is 5.02 Å². The van der Waals surface area contributed by atoms with E-state index in [1.54, 1.807) is 0 Å². The number of nitrogens with one attached hydrogen (secondary N) is 1. The molecule has 132 valence electrons. The van der Waals surface area contributed by atoms with Gasteiger partial charge in [0.05, 0.1) is 5.69 Å². The number of nitrogens with zero attached hydrogens (tertiary/aromatic N) is 3. The molecule has 0 amide bonds. The third-order valence-corrected chi connectivity index (χ3v) is 5.46. The number of rotatable bonds is 5. The first-order valence-electron chi connectivity index (χ1n) is 9.30. The molecule has 1 aliphatic heterocycles. The Hall–Kier alpha value is -1.81. The lowest BCUT2D eigenvalue weighted by Crippen LogP contribution is -2.31. The largest absolute Gasteiger partial charge is 0.352 e. The van der Waals surface area contributed by atoms with E-state index in [0.29, 0.717) is 12.0 Å². The maximum Gasteiger partial charge on any atom is 0.225 e. The maximum atomic E-state index is 6.13. The lowest BCUT2D eigenvalue weighted by molar-refractivity contribution is 0.712. The summed E-state index contributed by atoms with van der Waals surface area (Å²) in [7, 11) is 0. The van der Waals surface area contributed by atoms with Crippen molar-refractivity contribution in [3.8, 4) is 0 Å². The second-order valence-electron chi connectivity index (χ2n) is 7.29. The molecule has 5 heteroatoms. The van der Waals surface area contributed by atoms with Gasteiger partial charge in [-0.25, -0.2) is 4.98 Å². The minimum atomic E-state index is 0.381. The van der Waals surface area contributed by atoms with Gasteiger partial charge in [0.1, 0.15) is 5.82 Å². The van der Waals surface area contributed by atoms with E-state index in [1.807, 2.05) is 6.07 Å². The van der Waals surface area contributed by atoms with Crippen molar-refractivity contribution in [2.75, 3.05) is 16.8 Å². The highest BCUT2D eigenvalue weighted by atomic mass is 35.5. The zero-order chi connectivity index (χ0) is 17.4. The van der Waals surface area contributed by atoms with Gasteiger partial charge in [-0.05, 0) is 55.9 Å². The molecule has 1 aromatic heterocycles. The third kappa shape index (κ3) is 3.74. The summed E-state index contributed by atoms with van der Waals surface area (Å²) in [6, 6.07) is 8.80. The van der Waals surface area contributed by atoms with E-state index in [4.69, 9.17) is 21.6 Å². The van der Waals surface area contributed by atoms with Crippen LogP contribution in [0.25, 0.3) is 0 Å². The summed E-state index contributed by atoms with van der Waals surface area (Å²) in [5, 5.41) is 4.28. The summed E-state index contributed by atoms with van der Waals surface area (Å²) in [4.78, 5) is 12.0. The summed E-state index contributed by atoms with van der Waals surface area (Å²) in [6.07, 6.45) is 4.57. The highest BCUT2D eigenvalue weighted by Crippen LogP contribution is 2.40. The average molecular weight is 357 g/mol. The zero-order valence-electron chi connectivity index (χ0n) is 14.9. The minimum absolute atomic E-state index is 0.381. The van der Waals surface area contributed by atoms with Crippen molar-refractivity contribution >= 4 is 23.4 Å². The molecule has 1 aromatic carbocycles. The number of halogens is 1. The first-order valence-corrected chi connectivity index (χ1v) is 9.68. The topological polar surface area (TPSA) is 41.1 Å². The molecular weight excluding hydrogens is 332 g/mol. The molecule has 0 bridgehead atoms. The van der Waals surface area contributed by atoms with Crippen molar-refractivity contribution in [3.63, 3.8) is 0 Å². The number of benzene rings is 1. The molecule has 4 rings (SSSR count). The molecule has 1 atom stereocenters. The van der Waals surface area contributed by atoms with Crippen molar-refractivity contribution in [1.82, 2.24) is 9.97 Å². The van der Waals surface area contributed by atoms with Gasteiger partial charge in [-0.15, -0.1) is 0 Å². The number of anilines is 2. The third-order valence-electron chi connectivity index (χ3n) is 5.22. The van der Waals surface area contributed by atoms with E-state index in [0.717, 1.165) is 42.7 Å². The smallest absolute Gasteiger partial charge is 0.225 e. The lowest BCUT2D eigenvalue weighted by atomic mass is 10.00. The van der Waals surface area contributed by atoms with Crippen molar-refractivity contribution in [2.24, 2.45) is 0 Å².